The Morgan fingerprint density at radius 3 is 2.23 bits per heavy atom. The van der Waals surface area contributed by atoms with E-state index in [1.54, 1.807) is 6.92 Å². The van der Waals surface area contributed by atoms with Crippen molar-refractivity contribution in [2.45, 2.75) is 154 Å². The highest BCUT2D eigenvalue weighted by molar-refractivity contribution is 6.21. The summed E-state index contributed by atoms with van der Waals surface area (Å²) in [5.41, 5.74) is 18.7. The summed E-state index contributed by atoms with van der Waals surface area (Å²) in [6, 6.07) is 0. The second-order valence-corrected chi connectivity index (χ2v) is 19.4. The van der Waals surface area contributed by atoms with Gasteiger partial charge in [-0.05, 0) is 152 Å². The monoisotopic (exact) mass is 827 g/mol. The van der Waals surface area contributed by atoms with E-state index in [4.69, 9.17) is 19.7 Å². The first-order chi connectivity index (χ1) is 28.8. The van der Waals surface area contributed by atoms with Gasteiger partial charge >= 0.3 is 5.97 Å². The van der Waals surface area contributed by atoms with Gasteiger partial charge in [-0.25, -0.2) is 15.0 Å². The zero-order valence-electron chi connectivity index (χ0n) is 39.2. The van der Waals surface area contributed by atoms with Crippen LogP contribution in [0.4, 0.5) is 0 Å². The number of ether oxygens (including phenoxy) is 1. The number of allylic oxidation sites excluding steroid dienone is 16. The molecule has 0 saturated carbocycles. The number of esters is 1. The lowest BCUT2D eigenvalue weighted by Gasteiger charge is -2.20. The van der Waals surface area contributed by atoms with E-state index in [9.17, 15) is 15.0 Å². The van der Waals surface area contributed by atoms with Gasteiger partial charge in [-0.3, -0.25) is 4.79 Å². The molecule has 61 heavy (non-hydrogen) atoms. The molecule has 8 bridgehead atoms. The Morgan fingerprint density at radius 1 is 0.885 bits per heavy atom. The number of hydrogen-bond donors (Lipinski definition) is 3. The number of nitrogens with one attached hydrogen (secondary N) is 1. The smallest absolute Gasteiger partial charge is 0.306 e. The fourth-order valence-electron chi connectivity index (χ4n) is 9.59. The van der Waals surface area contributed by atoms with E-state index in [1.807, 2.05) is 19.1 Å². The van der Waals surface area contributed by atoms with Crippen molar-refractivity contribution in [3.63, 3.8) is 0 Å². The second kappa shape index (κ2) is 18.7. The van der Waals surface area contributed by atoms with E-state index in [0.29, 0.717) is 25.0 Å². The zero-order chi connectivity index (χ0) is 44.5. The predicted octanol–water partition coefficient (Wildman–Crippen LogP) is 12.6. The lowest BCUT2D eigenvalue weighted by atomic mass is 9.84. The number of aliphatic imine (C=N–C) groups is 3. The first-order valence-electron chi connectivity index (χ1n) is 22.6. The summed E-state index contributed by atoms with van der Waals surface area (Å²) < 4.78 is 5.79. The third-order valence-corrected chi connectivity index (χ3v) is 12.9. The molecule has 0 radical (unpaired) electrons. The number of carbonyl (C=O) groups is 1. The van der Waals surface area contributed by atoms with Crippen LogP contribution in [0.25, 0.3) is 0 Å². The van der Waals surface area contributed by atoms with Crippen LogP contribution in [0.1, 0.15) is 148 Å². The van der Waals surface area contributed by atoms with Crippen molar-refractivity contribution < 1.29 is 19.7 Å². The van der Waals surface area contributed by atoms with Crippen LogP contribution >= 0.6 is 0 Å². The third-order valence-electron chi connectivity index (χ3n) is 12.9. The summed E-state index contributed by atoms with van der Waals surface area (Å²) in [5, 5.41) is 26.7. The minimum Gasteiger partial charge on any atom is -0.511 e. The minimum absolute atomic E-state index is 0.00379. The number of carbonyl (C=O) groups excluding carboxylic acids is 1. The molecule has 5 heterocycles. The van der Waals surface area contributed by atoms with Crippen molar-refractivity contribution in [1.29, 1.82) is 0 Å². The molecule has 0 aromatic rings. The van der Waals surface area contributed by atoms with Crippen molar-refractivity contribution in [1.82, 2.24) is 5.32 Å². The molecular weight excluding hydrogens is 757 g/mol. The van der Waals surface area contributed by atoms with Gasteiger partial charge in [0.15, 0.2) is 0 Å². The van der Waals surface area contributed by atoms with Crippen LogP contribution in [-0.4, -0.2) is 46.0 Å². The van der Waals surface area contributed by atoms with E-state index in [-0.39, 0.29) is 36.2 Å². The number of nitrogens with zero attached hydrogens (tertiary/aromatic N) is 3. The van der Waals surface area contributed by atoms with E-state index < -0.39 is 6.10 Å². The average molecular weight is 827 g/mol. The summed E-state index contributed by atoms with van der Waals surface area (Å²) in [6.07, 6.45) is 16.8. The van der Waals surface area contributed by atoms with E-state index in [0.717, 1.165) is 117 Å². The van der Waals surface area contributed by atoms with Gasteiger partial charge in [-0.1, -0.05) is 63.5 Å². The Balaban J connectivity index is 1.33. The van der Waals surface area contributed by atoms with Gasteiger partial charge in [0.05, 0.1) is 40.3 Å². The number of fused-ring (bicyclic) bond motifs is 5. The van der Waals surface area contributed by atoms with Crippen molar-refractivity contribution in [2.75, 3.05) is 6.61 Å². The highest BCUT2D eigenvalue weighted by atomic mass is 16.5. The summed E-state index contributed by atoms with van der Waals surface area (Å²) in [7, 11) is 0. The zero-order valence-corrected chi connectivity index (χ0v) is 39.2. The average Bonchev–Trinajstić information content (AvgIpc) is 3.95. The van der Waals surface area contributed by atoms with Gasteiger partial charge in [0.2, 0.25) is 0 Å². The maximum atomic E-state index is 13.4. The molecule has 6 rings (SSSR count). The van der Waals surface area contributed by atoms with Crippen LogP contribution in [0.15, 0.2) is 141 Å². The molecule has 1 aliphatic carbocycles. The van der Waals surface area contributed by atoms with Crippen LogP contribution in [0.5, 0.6) is 0 Å². The van der Waals surface area contributed by atoms with Crippen LogP contribution in [0.3, 0.4) is 0 Å². The van der Waals surface area contributed by atoms with Crippen LogP contribution in [0, 0.1) is 17.3 Å². The van der Waals surface area contributed by atoms with Crippen LogP contribution < -0.4 is 5.32 Å². The number of aliphatic hydroxyl groups excluding tert-OH is 2. The lowest BCUT2D eigenvalue weighted by molar-refractivity contribution is -0.142. The highest BCUT2D eigenvalue weighted by Crippen LogP contribution is 2.48. The maximum Gasteiger partial charge on any atom is 0.306 e. The standard InChI is InChI=1S/C53H70N4O4/c1-14-37-42-27-43-40(28-53(11,12)13)32(6)41(54-43)26-44-47(36(10)58)34(8)50(56-44)35(9)49-33(7)38(51(57-49)39-25-45(59)48(37)52(39)55-42)21-22-46(60)61-24-23-31(5)20-16-19-30(4)18-15-17-29(2)3/h17,19,23,26-27,33,36,38,57-59H,14-16,18,20-22,24-25,28H2,1-13H3/b30-19+,31-23+,43-27?,44-26?,49-35?,51-39?/t33-,36?,38-/m0/s1. The Morgan fingerprint density at radius 2 is 1.57 bits per heavy atom. The van der Waals surface area contributed by atoms with Crippen LogP contribution in [0.2, 0.25) is 0 Å². The highest BCUT2D eigenvalue weighted by Gasteiger charge is 2.43. The topological polar surface area (TPSA) is 116 Å². The first kappa shape index (κ1) is 45.7. The molecule has 0 amide bonds. The summed E-state index contributed by atoms with van der Waals surface area (Å²) in [5.74, 6) is 0.0530. The summed E-state index contributed by atoms with van der Waals surface area (Å²) >= 11 is 0. The van der Waals surface area contributed by atoms with Crippen molar-refractivity contribution in [3.05, 3.63) is 126 Å². The quantitative estimate of drug-likeness (QED) is 0.119. The summed E-state index contributed by atoms with van der Waals surface area (Å²) in [6.45, 7) is 28.0. The molecule has 8 nitrogen and oxygen atoms in total. The molecular formula is C53H70N4O4. The molecule has 326 valence electrons. The van der Waals surface area contributed by atoms with E-state index in [1.165, 1.54) is 22.3 Å². The molecule has 5 aliphatic heterocycles. The number of hydrogen-bond acceptors (Lipinski definition) is 8. The molecule has 1 saturated heterocycles. The van der Waals surface area contributed by atoms with Gasteiger partial charge in [0, 0.05) is 52.8 Å². The fourth-order valence-corrected chi connectivity index (χ4v) is 9.59. The second-order valence-electron chi connectivity index (χ2n) is 19.4. The molecule has 6 aliphatic rings. The van der Waals surface area contributed by atoms with Crippen LogP contribution in [-0.2, 0) is 9.53 Å². The molecule has 0 spiro atoms. The van der Waals surface area contributed by atoms with Gasteiger partial charge in [-0.2, -0.15) is 0 Å². The minimum atomic E-state index is -0.732. The van der Waals surface area contributed by atoms with Crippen molar-refractivity contribution >= 4 is 23.1 Å². The Labute approximate surface area is 365 Å². The molecule has 3 atom stereocenters. The third kappa shape index (κ3) is 9.96. The van der Waals surface area contributed by atoms with Gasteiger partial charge in [0.1, 0.15) is 12.4 Å². The van der Waals surface area contributed by atoms with Crippen molar-refractivity contribution in [3.8, 4) is 0 Å². The first-order valence-corrected chi connectivity index (χ1v) is 22.6. The van der Waals surface area contributed by atoms with Gasteiger partial charge < -0.3 is 20.3 Å². The number of rotatable bonds is 14. The molecule has 8 heteroatoms. The normalized spacial score (nSPS) is 22.3. The predicted molar refractivity (Wildman–Crippen MR) is 252 cm³/mol. The molecule has 1 unspecified atom stereocenters. The number of aliphatic hydroxyl groups is 2. The Bertz CT molecular complexity index is 2320. The summed E-state index contributed by atoms with van der Waals surface area (Å²) in [4.78, 5) is 29.2. The van der Waals surface area contributed by atoms with E-state index in [2.05, 4.69) is 99.7 Å². The Kier molecular flexibility index (Phi) is 14.0. The SMILES string of the molecule is CCC1=C2C=C3N=C(C=C4N=C(C(C)=C4C(C)O)C(C)=C4NC(=C5CC(O)=C1C5=N2)[C@@H](CCC(=O)OC/C=C(\C)CC/C=C(\C)CCC=C(C)C)[C@@H]4C)C(C)=C3CC(C)(C)C. The molecule has 1 fully saturated rings. The molecule has 0 aromatic carbocycles. The molecule has 3 N–H and O–H groups in total. The van der Waals surface area contributed by atoms with E-state index >= 15 is 0 Å². The molecule has 0 aromatic heterocycles. The van der Waals surface area contributed by atoms with Gasteiger partial charge in [0.25, 0.3) is 0 Å². The maximum absolute atomic E-state index is 13.4. The largest absolute Gasteiger partial charge is 0.511 e. The van der Waals surface area contributed by atoms with Crippen molar-refractivity contribution in [2.24, 2.45) is 32.2 Å². The fraction of sp³-hybridized carbons (Fsp3) is 0.509. The van der Waals surface area contributed by atoms with Gasteiger partial charge in [-0.15, -0.1) is 0 Å². The Hall–Kier alpha value is -4.82. The lowest BCUT2D eigenvalue weighted by Crippen LogP contribution is -2.16.